The highest BCUT2D eigenvalue weighted by Gasteiger charge is 2.51. The molecule has 2 bridgehead atoms. The number of phenolic OH excluding ortho intramolecular Hbond substituents is 1. The van der Waals surface area contributed by atoms with Crippen molar-refractivity contribution >= 4 is 28.4 Å². The van der Waals surface area contributed by atoms with Gasteiger partial charge in [-0.2, -0.15) is 0 Å². The number of alkyl halides is 1. The zero-order chi connectivity index (χ0) is 32.0. The molecule has 4 saturated heterocycles. The zero-order valence-corrected chi connectivity index (χ0v) is 26.8. The molecule has 7 nitrogen and oxygen atoms in total. The molecule has 1 aromatic carbocycles. The standard InChI is InChI=1S/C36H39ClF2N4O3/c1-3-30(45)43-22-7-8-23(43)16-35(2,15-22)27-13-29(46-19-36-9-4-10-42(36)18-21(38)14-36)41-34-26(27)17-40-33(32(34)39)25-11-24(44)12-28(37)31(25)20-5-6-20/h3,11-13,17,20-23,44H,1,4-10,14-16,18-19H2,2H3. The van der Waals surface area contributed by atoms with Crippen LogP contribution < -0.4 is 4.74 Å². The summed E-state index contributed by atoms with van der Waals surface area (Å²) in [7, 11) is 0. The minimum atomic E-state index is -0.886. The maximum Gasteiger partial charge on any atom is 0.246 e. The Kier molecular flexibility index (Phi) is 7.11. The second-order valence-corrected chi connectivity index (χ2v) is 14.9. The fourth-order valence-electron chi connectivity index (χ4n) is 9.30. The third kappa shape index (κ3) is 4.79. The average molecular weight is 649 g/mol. The predicted octanol–water partition coefficient (Wildman–Crippen LogP) is 7.22. The number of nitrogens with zero attached hydrogens (tertiary/aromatic N) is 4. The monoisotopic (exact) mass is 648 g/mol. The van der Waals surface area contributed by atoms with Crippen LogP contribution in [-0.2, 0) is 10.2 Å². The molecule has 0 spiro atoms. The van der Waals surface area contributed by atoms with Crippen LogP contribution in [0, 0.1) is 5.82 Å². The molecule has 4 atom stereocenters. The van der Waals surface area contributed by atoms with Crippen LogP contribution in [0.1, 0.15) is 81.8 Å². The fraction of sp³-hybridized carbons (Fsp3) is 0.528. The number of aromatic nitrogens is 2. The summed E-state index contributed by atoms with van der Waals surface area (Å²) in [6, 6.07) is 5.06. The molecule has 1 saturated carbocycles. The van der Waals surface area contributed by atoms with Crippen LogP contribution in [0.25, 0.3) is 22.2 Å². The molecule has 10 heteroatoms. The predicted molar refractivity (Wildman–Crippen MR) is 173 cm³/mol. The molecule has 8 rings (SSSR count). The van der Waals surface area contributed by atoms with Crippen molar-refractivity contribution < 1.29 is 23.4 Å². The molecule has 0 radical (unpaired) electrons. The number of amides is 1. The van der Waals surface area contributed by atoms with E-state index >= 15 is 4.39 Å². The molecule has 1 amide bonds. The number of benzene rings is 1. The first kappa shape index (κ1) is 30.1. The van der Waals surface area contributed by atoms with Crippen molar-refractivity contribution in [1.29, 1.82) is 0 Å². The van der Waals surface area contributed by atoms with E-state index in [2.05, 4.69) is 23.4 Å². The van der Waals surface area contributed by atoms with Crippen molar-refractivity contribution in [2.24, 2.45) is 0 Å². The van der Waals surface area contributed by atoms with E-state index in [9.17, 15) is 14.3 Å². The number of piperidine rings is 1. The summed E-state index contributed by atoms with van der Waals surface area (Å²) >= 11 is 6.58. The molecule has 46 heavy (non-hydrogen) atoms. The van der Waals surface area contributed by atoms with Gasteiger partial charge in [-0.25, -0.2) is 13.8 Å². The molecule has 6 heterocycles. The summed E-state index contributed by atoms with van der Waals surface area (Å²) in [5.74, 6) is -0.200. The van der Waals surface area contributed by atoms with Gasteiger partial charge < -0.3 is 14.7 Å². The maximum absolute atomic E-state index is 16.9. The van der Waals surface area contributed by atoms with Crippen LogP contribution in [0.3, 0.4) is 0 Å². The molecule has 3 aromatic rings. The average Bonchev–Trinajstić information content (AvgIpc) is 3.62. The van der Waals surface area contributed by atoms with E-state index in [0.717, 1.165) is 56.2 Å². The van der Waals surface area contributed by atoms with Gasteiger partial charge in [0.25, 0.3) is 0 Å². The van der Waals surface area contributed by atoms with Crippen LogP contribution in [0.2, 0.25) is 5.02 Å². The number of halogens is 3. The highest BCUT2D eigenvalue weighted by molar-refractivity contribution is 6.32. The lowest BCUT2D eigenvalue weighted by Gasteiger charge is -2.45. The SMILES string of the molecule is C=CC(=O)N1C2CCC1CC(C)(c1cc(OCC34CCCN3CC(F)C4)nc3c(F)c(-c4cc(O)cc(Cl)c4C4CC4)ncc13)C2. The van der Waals surface area contributed by atoms with E-state index in [0.29, 0.717) is 47.7 Å². The summed E-state index contributed by atoms with van der Waals surface area (Å²) in [4.78, 5) is 26.4. The Bertz CT molecular complexity index is 1750. The minimum absolute atomic E-state index is 0.0464. The summed E-state index contributed by atoms with van der Waals surface area (Å²) in [6.07, 6.45) is 9.58. The number of carbonyl (C=O) groups excluding carboxylic acids is 1. The summed E-state index contributed by atoms with van der Waals surface area (Å²) in [6.45, 7) is 7.44. The topological polar surface area (TPSA) is 78.8 Å². The molecule has 242 valence electrons. The molecular formula is C36H39ClF2N4O3. The number of ether oxygens (including phenoxy) is 1. The second-order valence-electron chi connectivity index (χ2n) is 14.5. The van der Waals surface area contributed by atoms with Crippen molar-refractivity contribution in [3.63, 3.8) is 0 Å². The maximum atomic E-state index is 16.9. The van der Waals surface area contributed by atoms with Gasteiger partial charge in [0.15, 0.2) is 5.82 Å². The fourth-order valence-corrected chi connectivity index (χ4v) is 9.67. The number of fused-ring (bicyclic) bond motifs is 4. The Balaban J connectivity index is 1.25. The van der Waals surface area contributed by atoms with Crippen molar-refractivity contribution in [1.82, 2.24) is 19.8 Å². The summed E-state index contributed by atoms with van der Waals surface area (Å²) < 4.78 is 37.9. The van der Waals surface area contributed by atoms with Crippen LogP contribution >= 0.6 is 11.6 Å². The third-order valence-electron chi connectivity index (χ3n) is 11.4. The van der Waals surface area contributed by atoms with E-state index in [4.69, 9.17) is 21.3 Å². The molecule has 1 aliphatic carbocycles. The van der Waals surface area contributed by atoms with Crippen molar-refractivity contribution in [2.45, 2.75) is 99.8 Å². The van der Waals surface area contributed by atoms with E-state index in [-0.39, 0.29) is 53.0 Å². The van der Waals surface area contributed by atoms with Crippen LogP contribution in [0.15, 0.2) is 37.1 Å². The Hall–Kier alpha value is -3.30. The number of hydrogen-bond acceptors (Lipinski definition) is 6. The number of pyridine rings is 2. The lowest BCUT2D eigenvalue weighted by atomic mass is 9.70. The van der Waals surface area contributed by atoms with E-state index in [1.165, 1.54) is 18.2 Å². The number of phenols is 1. The van der Waals surface area contributed by atoms with E-state index in [1.54, 1.807) is 6.20 Å². The van der Waals surface area contributed by atoms with E-state index < -0.39 is 17.4 Å². The highest BCUT2D eigenvalue weighted by atomic mass is 35.5. The van der Waals surface area contributed by atoms with Crippen LogP contribution in [0.4, 0.5) is 8.78 Å². The largest absolute Gasteiger partial charge is 0.508 e. The van der Waals surface area contributed by atoms with Gasteiger partial charge in [0, 0.05) is 53.3 Å². The number of hydrogen-bond donors (Lipinski definition) is 1. The second kappa shape index (κ2) is 10.9. The van der Waals surface area contributed by atoms with Gasteiger partial charge in [0.1, 0.15) is 29.7 Å². The van der Waals surface area contributed by atoms with Gasteiger partial charge in [0.05, 0.1) is 5.54 Å². The zero-order valence-electron chi connectivity index (χ0n) is 26.1. The summed E-state index contributed by atoms with van der Waals surface area (Å²) in [5.41, 5.74) is 1.62. The first-order valence-electron chi connectivity index (χ1n) is 16.6. The molecular weight excluding hydrogens is 610 g/mol. The van der Waals surface area contributed by atoms with Gasteiger partial charge >= 0.3 is 0 Å². The van der Waals surface area contributed by atoms with Crippen LogP contribution in [0.5, 0.6) is 11.6 Å². The molecule has 5 fully saturated rings. The molecule has 1 N–H and O–H groups in total. The minimum Gasteiger partial charge on any atom is -0.508 e. The van der Waals surface area contributed by atoms with Crippen LogP contribution in [-0.4, -0.2) is 74.3 Å². The number of rotatable bonds is 7. The quantitative estimate of drug-likeness (QED) is 0.273. The molecule has 2 aromatic heterocycles. The van der Waals surface area contributed by atoms with E-state index in [1.807, 2.05) is 11.0 Å². The van der Waals surface area contributed by atoms with Gasteiger partial charge in [-0.15, -0.1) is 0 Å². The number of aromatic hydroxyl groups is 1. The third-order valence-corrected chi connectivity index (χ3v) is 11.8. The van der Waals surface area contributed by atoms with Crippen molar-refractivity contribution in [2.75, 3.05) is 19.7 Å². The Morgan fingerprint density at radius 3 is 2.67 bits per heavy atom. The number of carbonyl (C=O) groups is 1. The smallest absolute Gasteiger partial charge is 0.246 e. The van der Waals surface area contributed by atoms with Gasteiger partial charge in [-0.05, 0) is 98.6 Å². The van der Waals surface area contributed by atoms with Crippen molar-refractivity contribution in [3.05, 3.63) is 59.0 Å². The normalized spacial score (nSPS) is 30.6. The lowest BCUT2D eigenvalue weighted by molar-refractivity contribution is -0.131. The Morgan fingerprint density at radius 2 is 1.96 bits per heavy atom. The van der Waals surface area contributed by atoms with Gasteiger partial charge in [-0.1, -0.05) is 25.1 Å². The molecule has 4 aliphatic heterocycles. The first-order valence-corrected chi connectivity index (χ1v) is 17.0. The molecule has 5 aliphatic rings. The Morgan fingerprint density at radius 1 is 1.20 bits per heavy atom. The lowest BCUT2D eigenvalue weighted by Crippen LogP contribution is -2.50. The summed E-state index contributed by atoms with van der Waals surface area (Å²) in [5, 5.41) is 11.4. The highest BCUT2D eigenvalue weighted by Crippen LogP contribution is 2.52. The Labute approximate surface area is 272 Å². The molecule has 4 unspecified atom stereocenters. The van der Waals surface area contributed by atoms with Gasteiger partial charge in [0.2, 0.25) is 11.8 Å². The first-order chi connectivity index (χ1) is 22.1. The van der Waals surface area contributed by atoms with Gasteiger partial charge in [-0.3, -0.25) is 14.7 Å². The van der Waals surface area contributed by atoms with Crippen molar-refractivity contribution in [3.8, 4) is 22.9 Å².